The second-order valence-electron chi connectivity index (χ2n) is 8.55. The van der Waals surface area contributed by atoms with Gasteiger partial charge in [-0.05, 0) is 62.8 Å². The molecule has 0 N–H and O–H groups in total. The van der Waals surface area contributed by atoms with E-state index in [9.17, 15) is 4.79 Å². The topological polar surface area (TPSA) is 43.1 Å². The van der Waals surface area contributed by atoms with Gasteiger partial charge in [0.2, 0.25) is 0 Å². The first-order chi connectivity index (χ1) is 15.5. The van der Waals surface area contributed by atoms with Gasteiger partial charge in [-0.15, -0.1) is 0 Å². The number of carbonyl (C=O) groups excluding carboxylic acids is 1. The number of aromatic nitrogens is 3. The van der Waals surface area contributed by atoms with Gasteiger partial charge in [-0.3, -0.25) is 9.48 Å². The molecular weight excluding hydrogens is 396 g/mol. The van der Waals surface area contributed by atoms with Crippen molar-refractivity contribution in [1.29, 1.82) is 0 Å². The SMILES string of the molecule is CCn1nc(C)cc1C(=O)N(Cc1cc2ccccc2n1C)[C@@H](C)CCc1ccccc1. The van der Waals surface area contributed by atoms with Crippen LogP contribution in [-0.4, -0.2) is 31.2 Å². The number of carbonyl (C=O) groups is 1. The Kier molecular flexibility index (Phi) is 6.45. The maximum Gasteiger partial charge on any atom is 0.272 e. The number of amides is 1. The molecule has 0 saturated carbocycles. The van der Waals surface area contributed by atoms with Crippen LogP contribution in [0.3, 0.4) is 0 Å². The zero-order valence-corrected chi connectivity index (χ0v) is 19.5. The van der Waals surface area contributed by atoms with E-state index >= 15 is 0 Å². The average molecular weight is 429 g/mol. The summed E-state index contributed by atoms with van der Waals surface area (Å²) in [5.74, 6) is 0.0401. The van der Waals surface area contributed by atoms with E-state index in [1.54, 1.807) is 0 Å². The van der Waals surface area contributed by atoms with Gasteiger partial charge in [0.1, 0.15) is 5.69 Å². The fraction of sp³-hybridized carbons (Fsp3) is 0.333. The minimum absolute atomic E-state index is 0.0401. The molecule has 5 nitrogen and oxygen atoms in total. The van der Waals surface area contributed by atoms with E-state index in [0.717, 1.165) is 24.2 Å². The molecule has 1 amide bonds. The average Bonchev–Trinajstić information content (AvgIpc) is 3.35. The molecule has 0 aliphatic carbocycles. The summed E-state index contributed by atoms with van der Waals surface area (Å²) in [6.07, 6.45) is 1.84. The standard InChI is InChI=1S/C27H32N4O/c1-5-31-26(17-20(2)28-31)27(32)30(21(3)15-16-22-11-7-6-8-12-22)19-24-18-23-13-9-10-14-25(23)29(24)4/h6-14,17-18,21H,5,15-16,19H2,1-4H3/t21-/m0/s1. The predicted molar refractivity (Wildman–Crippen MR) is 130 cm³/mol. The zero-order chi connectivity index (χ0) is 22.7. The highest BCUT2D eigenvalue weighted by Gasteiger charge is 2.26. The zero-order valence-electron chi connectivity index (χ0n) is 19.5. The van der Waals surface area contributed by atoms with Crippen LogP contribution in [0.25, 0.3) is 10.9 Å². The first-order valence-electron chi connectivity index (χ1n) is 11.4. The van der Waals surface area contributed by atoms with Crippen molar-refractivity contribution in [3.05, 3.63) is 89.4 Å². The highest BCUT2D eigenvalue weighted by Crippen LogP contribution is 2.23. The van der Waals surface area contributed by atoms with E-state index in [-0.39, 0.29) is 11.9 Å². The number of benzene rings is 2. The van der Waals surface area contributed by atoms with Crippen molar-refractivity contribution in [2.45, 2.75) is 52.7 Å². The Bertz CT molecular complexity index is 1210. The van der Waals surface area contributed by atoms with Gasteiger partial charge >= 0.3 is 0 Å². The van der Waals surface area contributed by atoms with Crippen LogP contribution in [-0.2, 0) is 26.6 Å². The molecule has 2 aromatic heterocycles. The molecule has 1 atom stereocenters. The van der Waals surface area contributed by atoms with Gasteiger partial charge in [0.05, 0.1) is 12.2 Å². The molecule has 0 aliphatic rings. The highest BCUT2D eigenvalue weighted by atomic mass is 16.2. The van der Waals surface area contributed by atoms with Crippen LogP contribution in [0.4, 0.5) is 0 Å². The Morgan fingerprint density at radius 3 is 2.50 bits per heavy atom. The lowest BCUT2D eigenvalue weighted by atomic mass is 10.0. The second-order valence-corrected chi connectivity index (χ2v) is 8.55. The number of nitrogens with zero attached hydrogens (tertiary/aromatic N) is 4. The summed E-state index contributed by atoms with van der Waals surface area (Å²) >= 11 is 0. The monoisotopic (exact) mass is 428 g/mol. The third kappa shape index (κ3) is 4.47. The number of fused-ring (bicyclic) bond motifs is 1. The summed E-state index contributed by atoms with van der Waals surface area (Å²) in [5.41, 5.74) is 5.14. The van der Waals surface area contributed by atoms with Crippen molar-refractivity contribution in [2.75, 3.05) is 0 Å². The molecule has 2 heterocycles. The Balaban J connectivity index is 1.64. The number of aryl methyl sites for hydroxylation is 4. The fourth-order valence-corrected chi connectivity index (χ4v) is 4.38. The van der Waals surface area contributed by atoms with Crippen LogP contribution in [0, 0.1) is 6.92 Å². The quantitative estimate of drug-likeness (QED) is 0.379. The van der Waals surface area contributed by atoms with Gasteiger partial charge in [0, 0.05) is 30.8 Å². The van der Waals surface area contributed by atoms with E-state index in [2.05, 4.69) is 78.2 Å². The maximum atomic E-state index is 13.8. The molecule has 4 aromatic rings. The fourth-order valence-electron chi connectivity index (χ4n) is 4.38. The third-order valence-corrected chi connectivity index (χ3v) is 6.29. The van der Waals surface area contributed by atoms with Crippen LogP contribution in [0.15, 0.2) is 66.7 Å². The number of rotatable bonds is 8. The normalized spacial score (nSPS) is 12.2. The largest absolute Gasteiger partial charge is 0.346 e. The molecule has 0 radical (unpaired) electrons. The van der Waals surface area contributed by atoms with Crippen molar-refractivity contribution >= 4 is 16.8 Å². The predicted octanol–water partition coefficient (Wildman–Crippen LogP) is 5.37. The van der Waals surface area contributed by atoms with Crippen LogP contribution < -0.4 is 0 Å². The first kappa shape index (κ1) is 21.9. The Morgan fingerprint density at radius 2 is 1.78 bits per heavy atom. The minimum atomic E-state index is 0.0401. The summed E-state index contributed by atoms with van der Waals surface area (Å²) in [6, 6.07) is 23.0. The molecule has 4 rings (SSSR count). The van der Waals surface area contributed by atoms with Crippen LogP contribution in [0.5, 0.6) is 0 Å². The summed E-state index contributed by atoms with van der Waals surface area (Å²) in [4.78, 5) is 15.8. The van der Waals surface area contributed by atoms with E-state index < -0.39 is 0 Å². The molecule has 166 valence electrons. The lowest BCUT2D eigenvalue weighted by Crippen LogP contribution is -2.40. The summed E-state index contributed by atoms with van der Waals surface area (Å²) in [6.45, 7) is 7.36. The molecule has 0 bridgehead atoms. The van der Waals surface area contributed by atoms with Gasteiger partial charge in [-0.2, -0.15) is 5.10 Å². The van der Waals surface area contributed by atoms with E-state index in [4.69, 9.17) is 0 Å². The van der Waals surface area contributed by atoms with Gasteiger partial charge in [-0.1, -0.05) is 48.5 Å². The van der Waals surface area contributed by atoms with Crippen molar-refractivity contribution in [1.82, 2.24) is 19.2 Å². The third-order valence-electron chi connectivity index (χ3n) is 6.29. The molecule has 0 saturated heterocycles. The molecule has 2 aromatic carbocycles. The van der Waals surface area contributed by atoms with Gasteiger partial charge in [0.15, 0.2) is 0 Å². The molecule has 5 heteroatoms. The van der Waals surface area contributed by atoms with Crippen molar-refractivity contribution in [3.8, 4) is 0 Å². The van der Waals surface area contributed by atoms with Crippen LogP contribution in [0.1, 0.15) is 47.7 Å². The van der Waals surface area contributed by atoms with Crippen LogP contribution >= 0.6 is 0 Å². The molecular formula is C27H32N4O. The smallest absolute Gasteiger partial charge is 0.272 e. The molecule has 0 unspecified atom stereocenters. The van der Waals surface area contributed by atoms with Crippen LogP contribution in [0.2, 0.25) is 0 Å². The Labute approximate surface area is 190 Å². The van der Waals surface area contributed by atoms with Crippen molar-refractivity contribution in [3.63, 3.8) is 0 Å². The highest BCUT2D eigenvalue weighted by molar-refractivity contribution is 5.93. The maximum absolute atomic E-state index is 13.8. The van der Waals surface area contributed by atoms with E-state index in [1.807, 2.05) is 35.6 Å². The van der Waals surface area contributed by atoms with Gasteiger partial charge in [0.25, 0.3) is 5.91 Å². The summed E-state index contributed by atoms with van der Waals surface area (Å²) in [7, 11) is 2.08. The molecule has 0 aliphatic heterocycles. The number of para-hydroxylation sites is 1. The molecule has 32 heavy (non-hydrogen) atoms. The Hall–Kier alpha value is -3.34. The lowest BCUT2D eigenvalue weighted by molar-refractivity contribution is 0.0650. The van der Waals surface area contributed by atoms with Gasteiger partial charge in [-0.25, -0.2) is 0 Å². The molecule has 0 fully saturated rings. The van der Waals surface area contributed by atoms with Crippen molar-refractivity contribution < 1.29 is 4.79 Å². The summed E-state index contributed by atoms with van der Waals surface area (Å²) < 4.78 is 4.01. The first-order valence-corrected chi connectivity index (χ1v) is 11.4. The van der Waals surface area contributed by atoms with Crippen molar-refractivity contribution in [2.24, 2.45) is 7.05 Å². The Morgan fingerprint density at radius 1 is 1.06 bits per heavy atom. The van der Waals surface area contributed by atoms with E-state index in [0.29, 0.717) is 18.8 Å². The minimum Gasteiger partial charge on any atom is -0.346 e. The van der Waals surface area contributed by atoms with Gasteiger partial charge < -0.3 is 9.47 Å². The van der Waals surface area contributed by atoms with E-state index in [1.165, 1.54) is 16.5 Å². The second kappa shape index (κ2) is 9.43. The number of hydrogen-bond donors (Lipinski definition) is 0. The molecule has 0 spiro atoms. The lowest BCUT2D eigenvalue weighted by Gasteiger charge is -2.30. The number of hydrogen-bond acceptors (Lipinski definition) is 2. The summed E-state index contributed by atoms with van der Waals surface area (Å²) in [5, 5.41) is 5.71.